The Morgan fingerprint density at radius 3 is 1.29 bits per heavy atom. The van der Waals surface area contributed by atoms with Crippen molar-refractivity contribution in [2.45, 2.75) is 101 Å². The second kappa shape index (κ2) is 22.9. The Bertz CT molecular complexity index is 3250. The average Bonchev–Trinajstić information content (AvgIpc) is 4.01. The van der Waals surface area contributed by atoms with Crippen LogP contribution in [-0.2, 0) is 52.3 Å². The summed E-state index contributed by atoms with van der Waals surface area (Å²) in [6.45, 7) is -0.148. The van der Waals surface area contributed by atoms with Gasteiger partial charge in [0.1, 0.15) is 47.5 Å². The van der Waals surface area contributed by atoms with Crippen molar-refractivity contribution >= 4 is 66.4 Å². The zero-order valence-corrected chi connectivity index (χ0v) is 45.0. The monoisotopic (exact) mass is 1160 g/mol. The number of ether oxygens (including phenoxy) is 2. The summed E-state index contributed by atoms with van der Waals surface area (Å²) < 4.78 is 121. The summed E-state index contributed by atoms with van der Waals surface area (Å²) >= 11 is 0. The molecule has 82 heavy (non-hydrogen) atoms. The van der Waals surface area contributed by atoms with E-state index < -0.39 is 79.6 Å². The van der Waals surface area contributed by atoms with E-state index in [4.69, 9.17) is 18.5 Å². The number of rotatable bonds is 18. The van der Waals surface area contributed by atoms with E-state index in [2.05, 4.69) is 41.2 Å². The first-order valence-corrected chi connectivity index (χ1v) is 26.7. The van der Waals surface area contributed by atoms with Gasteiger partial charge in [0.15, 0.2) is 0 Å². The van der Waals surface area contributed by atoms with Crippen LogP contribution < -0.4 is 30.7 Å². The number of aliphatic hydroxyl groups excluding tert-OH is 4. The molecule has 2 saturated carbocycles. The van der Waals surface area contributed by atoms with Crippen LogP contribution in [0.1, 0.15) is 103 Å². The van der Waals surface area contributed by atoms with Crippen molar-refractivity contribution < 1.29 is 79.4 Å². The Kier molecular flexibility index (Phi) is 16.0. The number of alkyl halides is 6. The largest absolute Gasteiger partial charge is 0.698 e. The van der Waals surface area contributed by atoms with Crippen LogP contribution >= 0.6 is 8.25 Å². The summed E-state index contributed by atoms with van der Waals surface area (Å²) in [6, 6.07) is 15.5. The Morgan fingerprint density at radius 1 is 0.573 bits per heavy atom. The van der Waals surface area contributed by atoms with Gasteiger partial charge >= 0.3 is 20.6 Å². The van der Waals surface area contributed by atoms with E-state index in [1.807, 2.05) is 0 Å². The molecule has 6 aromatic rings. The van der Waals surface area contributed by atoms with Crippen molar-refractivity contribution in [2.75, 3.05) is 49.6 Å². The molecular formula is C54H54F6N10O11P+. The van der Waals surface area contributed by atoms with E-state index in [9.17, 15) is 60.9 Å². The number of fused-ring (bicyclic) bond motifs is 2. The van der Waals surface area contributed by atoms with Crippen molar-refractivity contribution in [2.24, 2.45) is 0 Å². The molecule has 2 amide bonds. The van der Waals surface area contributed by atoms with Crippen molar-refractivity contribution in [1.29, 1.82) is 0 Å². The minimum Gasteiger partial charge on any atom is -0.495 e. The Hall–Kier alpha value is -7.78. The quantitative estimate of drug-likeness (QED) is 0.0294. The molecule has 4 aromatic carbocycles. The Labute approximate surface area is 464 Å². The number of nitrogens with one attached hydrogen (secondary N) is 4. The van der Waals surface area contributed by atoms with Gasteiger partial charge in [0.05, 0.1) is 72.5 Å². The molecule has 0 bridgehead atoms. The number of carbonyl (C=O) groups excluding carboxylic acids is 2. The highest BCUT2D eigenvalue weighted by Crippen LogP contribution is 2.46. The maximum atomic E-state index is 14.4. The van der Waals surface area contributed by atoms with E-state index in [1.54, 1.807) is 38.4 Å². The fourth-order valence-electron chi connectivity index (χ4n) is 10.8. The minimum absolute atomic E-state index is 0.0689. The van der Waals surface area contributed by atoms with Crippen LogP contribution in [0.5, 0.6) is 11.5 Å². The van der Waals surface area contributed by atoms with Gasteiger partial charge in [-0.25, -0.2) is 9.97 Å². The zero-order chi connectivity index (χ0) is 58.5. The lowest BCUT2D eigenvalue weighted by Gasteiger charge is -2.19. The number of anilines is 8. The van der Waals surface area contributed by atoms with Crippen LogP contribution in [0.3, 0.4) is 0 Å². The summed E-state index contributed by atoms with van der Waals surface area (Å²) in [4.78, 5) is 45.8. The summed E-state index contributed by atoms with van der Waals surface area (Å²) in [7, 11) is 3.06. The number of hydrogen-bond donors (Lipinski definition) is 8. The molecule has 0 spiro atoms. The van der Waals surface area contributed by atoms with Crippen molar-refractivity contribution in [3.05, 3.63) is 129 Å². The molecule has 4 atom stereocenters. The number of aliphatic hydroxyl groups is 4. The van der Waals surface area contributed by atoms with Crippen molar-refractivity contribution in [1.82, 2.24) is 29.7 Å². The second-order valence-corrected chi connectivity index (χ2v) is 21.3. The first-order valence-electron chi connectivity index (χ1n) is 25.6. The third kappa shape index (κ3) is 11.8. The molecular weight excluding hydrogens is 1110 g/mol. The molecule has 4 unspecified atom stereocenters. The number of methoxy groups -OCH3 is 2. The molecule has 4 aliphatic rings. The van der Waals surface area contributed by atoms with Crippen LogP contribution in [0.15, 0.2) is 73.1 Å². The number of aromatic nitrogens is 4. The summed E-state index contributed by atoms with van der Waals surface area (Å²) in [5.74, 6) is -2.88. The van der Waals surface area contributed by atoms with Gasteiger partial charge in [-0.05, 0) is 107 Å². The van der Waals surface area contributed by atoms with Gasteiger partial charge in [0.25, 0.3) is 11.8 Å². The fraction of sp³-hybridized carbons (Fsp3) is 0.370. The van der Waals surface area contributed by atoms with Crippen LogP contribution in [0.4, 0.5) is 72.6 Å². The molecule has 0 saturated heterocycles. The van der Waals surface area contributed by atoms with E-state index >= 15 is 0 Å². The van der Waals surface area contributed by atoms with Gasteiger partial charge in [-0.3, -0.25) is 9.59 Å². The highest BCUT2D eigenvalue weighted by molar-refractivity contribution is 7.33. The minimum atomic E-state index is -4.90. The van der Waals surface area contributed by atoms with Gasteiger partial charge in [-0.2, -0.15) is 36.3 Å². The van der Waals surface area contributed by atoms with Gasteiger partial charge in [-0.1, -0.05) is 24.3 Å². The third-order valence-electron chi connectivity index (χ3n) is 14.9. The van der Waals surface area contributed by atoms with E-state index in [1.165, 1.54) is 60.4 Å². The Morgan fingerprint density at radius 2 is 0.939 bits per heavy atom. The van der Waals surface area contributed by atoms with Crippen LogP contribution in [0.2, 0.25) is 0 Å². The standard InChI is InChI=1S/C54H53F6N10O11P/c1-69-21-31-29(27-15-39(71)40(72)16-27)7-11-37(45(31)49(69)75)63-47-33(53(55,56)57)19-61-51(67-47)65-35-9-5-25(13-43(35)78-3)23-80-82(77)81-24-26-6-10-36(44(14-26)79-4)66-52-62-20-34(54(58,59)60)48(68-52)64-38-12-8-30(28-17-41(73)42(74)18-28)32-22-70(2)50(76)46(32)38/h5-14,19-20,27-28,39-42,71-74H,15-18,21-24H2,1-4H3,(H3-,61,62,63,64,65,66,67,68,75,76)/p+1. The lowest BCUT2D eigenvalue weighted by atomic mass is 9.90. The van der Waals surface area contributed by atoms with E-state index in [0.29, 0.717) is 45.8 Å². The average molecular weight is 1160 g/mol. The number of hydrogen-bond acceptors (Lipinski definition) is 19. The maximum absolute atomic E-state index is 14.4. The lowest BCUT2D eigenvalue weighted by molar-refractivity contribution is -0.138. The van der Waals surface area contributed by atoms with Crippen LogP contribution in [-0.4, -0.2) is 115 Å². The zero-order valence-electron chi connectivity index (χ0n) is 44.1. The normalized spacial score (nSPS) is 20.7. The first-order chi connectivity index (χ1) is 39.0. The predicted molar refractivity (Wildman–Crippen MR) is 283 cm³/mol. The second-order valence-electron chi connectivity index (χ2n) is 20.3. The van der Waals surface area contributed by atoms with Crippen molar-refractivity contribution in [3.8, 4) is 11.5 Å². The molecule has 21 nitrogen and oxygen atoms in total. The molecule has 0 radical (unpaired) electrons. The van der Waals surface area contributed by atoms with Gasteiger partial charge in [-0.15, -0.1) is 9.05 Å². The molecule has 2 aliphatic carbocycles. The first kappa shape index (κ1) is 57.5. The molecule has 432 valence electrons. The predicted octanol–water partition coefficient (Wildman–Crippen LogP) is 9.06. The number of amides is 2. The van der Waals surface area contributed by atoms with Gasteiger partial charge in [0.2, 0.25) is 11.9 Å². The molecule has 28 heteroatoms. The molecule has 4 heterocycles. The van der Waals surface area contributed by atoms with Gasteiger partial charge < -0.3 is 61.0 Å². The van der Waals surface area contributed by atoms with Crippen LogP contribution in [0, 0.1) is 0 Å². The number of carbonyl (C=O) groups is 2. The lowest BCUT2D eigenvalue weighted by Crippen LogP contribution is -2.18. The van der Waals surface area contributed by atoms with Crippen molar-refractivity contribution in [3.63, 3.8) is 0 Å². The number of nitrogens with zero attached hydrogens (tertiary/aromatic N) is 6. The van der Waals surface area contributed by atoms with E-state index in [0.717, 1.165) is 0 Å². The summed E-state index contributed by atoms with van der Waals surface area (Å²) in [5.41, 5.74) is 1.95. The smallest absolute Gasteiger partial charge is 0.495 e. The molecule has 2 aromatic heterocycles. The molecule has 2 fully saturated rings. The van der Waals surface area contributed by atoms with E-state index in [-0.39, 0.29) is 121 Å². The third-order valence-corrected chi connectivity index (χ3v) is 15.6. The number of halogens is 6. The molecule has 10 rings (SSSR count). The van der Waals surface area contributed by atoms with Gasteiger partial charge in [0, 0.05) is 44.1 Å². The topological polar surface area (TPSA) is 275 Å². The van der Waals surface area contributed by atoms with Crippen LogP contribution in [0.25, 0.3) is 0 Å². The Balaban J connectivity index is 0.780. The summed E-state index contributed by atoms with van der Waals surface area (Å²) in [6.07, 6.45) is -11.4. The number of benzene rings is 4. The summed E-state index contributed by atoms with van der Waals surface area (Å²) in [5, 5.41) is 52.0. The SMILES string of the molecule is COc1cc(CO[P+](=O)OCc2ccc(Nc3ncc(C(F)(F)F)c(Nc4ccc(C5CC(O)C(O)C5)c5c4C(=O)N(C)C5)n3)c(OC)c2)ccc1Nc1ncc(C(F)(F)F)c(Nc2ccc(C3CC(O)C(O)C3)c3c2C(=O)N(C)C3)n1. The fourth-order valence-corrected chi connectivity index (χ4v) is 11.3. The molecule has 2 aliphatic heterocycles. The maximum Gasteiger partial charge on any atom is 0.698 e. The molecule has 8 N–H and O–H groups in total. The highest BCUT2D eigenvalue weighted by Gasteiger charge is 2.42. The highest BCUT2D eigenvalue weighted by atomic mass is 31.1.